The number of aryl methyl sites for hydroxylation is 1. The molecule has 0 aliphatic carbocycles. The lowest BCUT2D eigenvalue weighted by Crippen LogP contribution is -1.94. The van der Waals surface area contributed by atoms with E-state index in [0.29, 0.717) is 0 Å². The molecule has 0 atom stereocenters. The molecular weight excluding hydrogens is 400 g/mol. The minimum Gasteiger partial charge on any atom is -0.264 e. The summed E-state index contributed by atoms with van der Waals surface area (Å²) < 4.78 is 0. The summed E-state index contributed by atoms with van der Waals surface area (Å²) in [6.07, 6.45) is 3.72. The first-order chi connectivity index (χ1) is 16.3. The van der Waals surface area contributed by atoms with Crippen LogP contribution in [-0.4, -0.2) is 9.97 Å². The van der Waals surface area contributed by atoms with Crippen molar-refractivity contribution in [3.05, 3.63) is 121 Å². The van der Waals surface area contributed by atoms with Gasteiger partial charge in [0, 0.05) is 23.5 Å². The van der Waals surface area contributed by atoms with E-state index in [1.54, 1.807) is 0 Å². The summed E-state index contributed by atoms with van der Waals surface area (Å²) >= 11 is 0. The summed E-state index contributed by atoms with van der Waals surface area (Å²) in [6.45, 7) is 2.10. The largest absolute Gasteiger partial charge is 0.264 e. The first kappa shape index (κ1) is 19.4. The fourth-order valence-corrected chi connectivity index (χ4v) is 4.60. The quantitative estimate of drug-likeness (QED) is 0.269. The average molecular weight is 423 g/mol. The van der Waals surface area contributed by atoms with Gasteiger partial charge in [-0.3, -0.25) is 4.98 Å². The molecule has 2 heteroatoms. The Morgan fingerprint density at radius 1 is 0.576 bits per heavy atom. The maximum absolute atomic E-state index is 5.15. The summed E-state index contributed by atoms with van der Waals surface area (Å²) in [5, 5.41) is 4.91. The third-order valence-corrected chi connectivity index (χ3v) is 6.29. The van der Waals surface area contributed by atoms with E-state index in [-0.39, 0.29) is 0 Å². The number of hydrogen-bond donors (Lipinski definition) is 0. The van der Waals surface area contributed by atoms with Crippen LogP contribution in [0.1, 0.15) is 5.56 Å². The molecule has 156 valence electrons. The molecule has 0 bridgehead atoms. The van der Waals surface area contributed by atoms with Gasteiger partial charge in [-0.2, -0.15) is 0 Å². The number of rotatable bonds is 3. The standard InChI is InChI=1S/C31H22N2/c1-21-16-17-32-20-28(21)29-12-7-13-30(33-29)31-26(22-8-3-2-4-9-22)15-14-25-18-23-10-5-6-11-24(23)19-27(25)31/h2-20H,1H3. The molecule has 2 aromatic heterocycles. The number of nitrogens with zero attached hydrogens (tertiary/aromatic N) is 2. The topological polar surface area (TPSA) is 25.8 Å². The van der Waals surface area contributed by atoms with Crippen molar-refractivity contribution < 1.29 is 0 Å². The van der Waals surface area contributed by atoms with Crippen molar-refractivity contribution in [2.24, 2.45) is 0 Å². The molecule has 0 aliphatic rings. The van der Waals surface area contributed by atoms with Crippen LogP contribution in [0.5, 0.6) is 0 Å². The summed E-state index contributed by atoms with van der Waals surface area (Å²) in [5.74, 6) is 0. The number of fused-ring (bicyclic) bond motifs is 2. The first-order valence-corrected chi connectivity index (χ1v) is 11.2. The van der Waals surface area contributed by atoms with Gasteiger partial charge in [-0.15, -0.1) is 0 Å². The molecule has 0 radical (unpaired) electrons. The van der Waals surface area contributed by atoms with Crippen LogP contribution in [0, 0.1) is 6.92 Å². The monoisotopic (exact) mass is 422 g/mol. The number of pyridine rings is 2. The van der Waals surface area contributed by atoms with Crippen LogP contribution >= 0.6 is 0 Å². The Morgan fingerprint density at radius 2 is 1.33 bits per heavy atom. The molecule has 0 unspecified atom stereocenters. The van der Waals surface area contributed by atoms with Crippen molar-refractivity contribution in [3.8, 4) is 33.6 Å². The summed E-state index contributed by atoms with van der Waals surface area (Å²) in [6, 6.07) is 36.4. The Hall–Kier alpha value is -4.30. The fraction of sp³-hybridized carbons (Fsp3) is 0.0323. The third kappa shape index (κ3) is 3.46. The zero-order valence-electron chi connectivity index (χ0n) is 18.4. The van der Waals surface area contributed by atoms with Gasteiger partial charge in [0.25, 0.3) is 0 Å². The van der Waals surface area contributed by atoms with E-state index in [0.717, 1.165) is 22.5 Å². The van der Waals surface area contributed by atoms with Crippen LogP contribution in [0.15, 0.2) is 116 Å². The van der Waals surface area contributed by atoms with Crippen LogP contribution in [0.3, 0.4) is 0 Å². The van der Waals surface area contributed by atoms with Gasteiger partial charge in [0.1, 0.15) is 0 Å². The minimum absolute atomic E-state index is 0.940. The normalized spacial score (nSPS) is 11.2. The molecule has 0 aliphatic heterocycles. The summed E-state index contributed by atoms with van der Waals surface area (Å²) in [4.78, 5) is 9.48. The predicted octanol–water partition coefficient (Wildman–Crippen LogP) is 8.09. The number of aromatic nitrogens is 2. The van der Waals surface area contributed by atoms with E-state index < -0.39 is 0 Å². The molecule has 0 saturated carbocycles. The van der Waals surface area contributed by atoms with Gasteiger partial charge >= 0.3 is 0 Å². The molecule has 0 saturated heterocycles. The van der Waals surface area contributed by atoms with E-state index in [2.05, 4.69) is 109 Å². The first-order valence-electron chi connectivity index (χ1n) is 11.2. The van der Waals surface area contributed by atoms with Gasteiger partial charge in [-0.1, -0.05) is 72.8 Å². The van der Waals surface area contributed by atoms with Gasteiger partial charge in [0.15, 0.2) is 0 Å². The molecule has 2 nitrogen and oxygen atoms in total. The van der Waals surface area contributed by atoms with Gasteiger partial charge < -0.3 is 0 Å². The van der Waals surface area contributed by atoms with E-state index in [1.165, 1.54) is 38.2 Å². The molecule has 0 amide bonds. The smallest absolute Gasteiger partial charge is 0.0727 e. The molecule has 0 N–H and O–H groups in total. The highest BCUT2D eigenvalue weighted by Gasteiger charge is 2.15. The highest BCUT2D eigenvalue weighted by atomic mass is 14.7. The van der Waals surface area contributed by atoms with Crippen molar-refractivity contribution in [2.75, 3.05) is 0 Å². The van der Waals surface area contributed by atoms with Crippen molar-refractivity contribution in [2.45, 2.75) is 6.92 Å². The van der Waals surface area contributed by atoms with Gasteiger partial charge in [-0.25, -0.2) is 4.98 Å². The van der Waals surface area contributed by atoms with Crippen molar-refractivity contribution in [1.29, 1.82) is 0 Å². The van der Waals surface area contributed by atoms with Gasteiger partial charge in [-0.05, 0) is 75.5 Å². The van der Waals surface area contributed by atoms with Crippen molar-refractivity contribution in [1.82, 2.24) is 9.97 Å². The summed E-state index contributed by atoms with van der Waals surface area (Å²) in [5.41, 5.74) is 7.67. The lowest BCUT2D eigenvalue weighted by atomic mass is 9.90. The van der Waals surface area contributed by atoms with E-state index in [1.807, 2.05) is 18.5 Å². The van der Waals surface area contributed by atoms with E-state index in [9.17, 15) is 0 Å². The highest BCUT2D eigenvalue weighted by Crippen LogP contribution is 2.39. The van der Waals surface area contributed by atoms with Crippen LogP contribution < -0.4 is 0 Å². The predicted molar refractivity (Wildman–Crippen MR) is 138 cm³/mol. The van der Waals surface area contributed by atoms with Crippen molar-refractivity contribution >= 4 is 21.5 Å². The lowest BCUT2D eigenvalue weighted by Gasteiger charge is -2.15. The van der Waals surface area contributed by atoms with Crippen molar-refractivity contribution in [3.63, 3.8) is 0 Å². The maximum atomic E-state index is 5.15. The Morgan fingerprint density at radius 3 is 2.15 bits per heavy atom. The number of benzene rings is 4. The number of hydrogen-bond acceptors (Lipinski definition) is 2. The van der Waals surface area contributed by atoms with Crippen LogP contribution in [0.25, 0.3) is 55.2 Å². The second kappa shape index (κ2) is 7.99. The maximum Gasteiger partial charge on any atom is 0.0727 e. The molecule has 0 spiro atoms. The highest BCUT2D eigenvalue weighted by molar-refractivity contribution is 6.09. The SMILES string of the molecule is Cc1ccncc1-c1cccc(-c2c(-c3ccccc3)ccc3cc4ccccc4cc23)n1. The van der Waals surface area contributed by atoms with Crippen LogP contribution in [0.4, 0.5) is 0 Å². The second-order valence-corrected chi connectivity index (χ2v) is 8.37. The molecule has 2 heterocycles. The van der Waals surface area contributed by atoms with E-state index >= 15 is 0 Å². The molecule has 4 aromatic carbocycles. The Balaban J connectivity index is 1.67. The Bertz CT molecular complexity index is 1620. The molecule has 33 heavy (non-hydrogen) atoms. The second-order valence-electron chi connectivity index (χ2n) is 8.37. The molecule has 6 rings (SSSR count). The average Bonchev–Trinajstić information content (AvgIpc) is 2.87. The van der Waals surface area contributed by atoms with Crippen LogP contribution in [0.2, 0.25) is 0 Å². The third-order valence-electron chi connectivity index (χ3n) is 6.29. The Labute approximate surface area is 193 Å². The fourth-order valence-electron chi connectivity index (χ4n) is 4.60. The van der Waals surface area contributed by atoms with Crippen LogP contribution in [-0.2, 0) is 0 Å². The Kier molecular flexibility index (Phi) is 4.70. The summed E-state index contributed by atoms with van der Waals surface area (Å²) in [7, 11) is 0. The van der Waals surface area contributed by atoms with E-state index in [4.69, 9.17) is 4.98 Å². The zero-order chi connectivity index (χ0) is 22.2. The molecular formula is C31H22N2. The molecule has 6 aromatic rings. The zero-order valence-corrected chi connectivity index (χ0v) is 18.4. The molecule has 0 fully saturated rings. The van der Waals surface area contributed by atoms with Gasteiger partial charge in [0.2, 0.25) is 0 Å². The van der Waals surface area contributed by atoms with Gasteiger partial charge in [0.05, 0.1) is 11.4 Å². The lowest BCUT2D eigenvalue weighted by molar-refractivity contribution is 1.25. The minimum atomic E-state index is 0.940.